The van der Waals surface area contributed by atoms with Crippen molar-refractivity contribution in [2.45, 2.75) is 0 Å². The average Bonchev–Trinajstić information content (AvgIpc) is 2.55. The fourth-order valence-corrected chi connectivity index (χ4v) is 2.25. The summed E-state index contributed by atoms with van der Waals surface area (Å²) in [7, 11) is 0. The predicted octanol–water partition coefficient (Wildman–Crippen LogP) is 4.57. The molecule has 22 heavy (non-hydrogen) atoms. The first kappa shape index (κ1) is 13.9. The van der Waals surface area contributed by atoms with Crippen molar-refractivity contribution in [3.63, 3.8) is 0 Å². The number of hydrogen-bond donors (Lipinski definition) is 0. The molecule has 0 spiro atoms. The fraction of sp³-hybridized carbons (Fsp3) is 0. The van der Waals surface area contributed by atoms with E-state index in [2.05, 4.69) is 4.98 Å². The molecule has 0 fully saturated rings. The van der Waals surface area contributed by atoms with E-state index in [1.165, 1.54) is 24.3 Å². The van der Waals surface area contributed by atoms with Gasteiger partial charge >= 0.3 is 0 Å². The molecule has 0 radical (unpaired) electrons. The lowest BCUT2D eigenvalue weighted by atomic mass is 9.99. The second-order valence-electron chi connectivity index (χ2n) is 4.74. The molecule has 2 nitrogen and oxygen atoms in total. The summed E-state index contributed by atoms with van der Waals surface area (Å²) in [6.45, 7) is 0. The molecule has 0 bridgehead atoms. The molecule has 2 aromatic carbocycles. The maximum Gasteiger partial charge on any atom is 0.141 e. The Labute approximate surface area is 126 Å². The second-order valence-corrected chi connectivity index (χ2v) is 4.74. The summed E-state index contributed by atoms with van der Waals surface area (Å²) in [4.78, 5) is 3.92. The molecule has 0 aliphatic rings. The van der Waals surface area contributed by atoms with Crippen LogP contribution in [0.2, 0.25) is 0 Å². The smallest absolute Gasteiger partial charge is 0.141 e. The van der Waals surface area contributed by atoms with E-state index in [0.717, 1.165) is 11.1 Å². The number of halogens is 2. The molecule has 0 N–H and O–H groups in total. The Bertz CT molecular complexity index is 868. The van der Waals surface area contributed by atoms with Crippen LogP contribution in [0.4, 0.5) is 8.78 Å². The number of hydrogen-bond acceptors (Lipinski definition) is 2. The third kappa shape index (κ3) is 2.57. The van der Waals surface area contributed by atoms with Gasteiger partial charge in [-0.25, -0.2) is 8.78 Å². The summed E-state index contributed by atoms with van der Waals surface area (Å²) < 4.78 is 28.0. The van der Waals surface area contributed by atoms with Gasteiger partial charge in [0.05, 0.1) is 5.56 Å². The summed E-state index contributed by atoms with van der Waals surface area (Å²) in [5.74, 6) is -1.10. The molecule has 1 aromatic heterocycles. The highest BCUT2D eigenvalue weighted by molar-refractivity contribution is 5.71. The molecule has 3 aromatic rings. The van der Waals surface area contributed by atoms with Crippen molar-refractivity contribution in [3.05, 3.63) is 78.1 Å². The topological polar surface area (TPSA) is 36.7 Å². The van der Waals surface area contributed by atoms with Crippen LogP contribution in [-0.4, -0.2) is 4.98 Å². The van der Waals surface area contributed by atoms with Gasteiger partial charge in [0.2, 0.25) is 0 Å². The average molecular weight is 292 g/mol. The van der Waals surface area contributed by atoms with Crippen molar-refractivity contribution in [2.75, 3.05) is 0 Å². The summed E-state index contributed by atoms with van der Waals surface area (Å²) in [6.07, 6.45) is 3.27. The van der Waals surface area contributed by atoms with Gasteiger partial charge in [-0.15, -0.1) is 0 Å². The Morgan fingerprint density at radius 2 is 1.45 bits per heavy atom. The van der Waals surface area contributed by atoms with Crippen molar-refractivity contribution < 1.29 is 8.78 Å². The maximum atomic E-state index is 14.3. The monoisotopic (exact) mass is 292 g/mol. The van der Waals surface area contributed by atoms with Crippen LogP contribution in [-0.2, 0) is 0 Å². The molecule has 0 saturated heterocycles. The molecule has 0 amide bonds. The van der Waals surface area contributed by atoms with Crippen molar-refractivity contribution in [1.29, 1.82) is 5.26 Å². The Kier molecular flexibility index (Phi) is 3.63. The minimum absolute atomic E-state index is 0.0578. The quantitative estimate of drug-likeness (QED) is 0.694. The van der Waals surface area contributed by atoms with Crippen LogP contribution in [0, 0.1) is 23.0 Å². The first-order chi connectivity index (χ1) is 10.7. The van der Waals surface area contributed by atoms with Gasteiger partial charge in [0.15, 0.2) is 0 Å². The molecule has 3 rings (SSSR count). The van der Waals surface area contributed by atoms with Gasteiger partial charge in [0, 0.05) is 18.0 Å². The third-order valence-electron chi connectivity index (χ3n) is 3.38. The zero-order valence-electron chi connectivity index (χ0n) is 11.4. The van der Waals surface area contributed by atoms with E-state index in [1.807, 2.05) is 0 Å². The lowest BCUT2D eigenvalue weighted by Crippen LogP contribution is -1.90. The van der Waals surface area contributed by atoms with E-state index in [4.69, 9.17) is 5.26 Å². The van der Waals surface area contributed by atoms with Crippen LogP contribution in [0.15, 0.2) is 60.9 Å². The maximum absolute atomic E-state index is 14.3. The van der Waals surface area contributed by atoms with E-state index < -0.39 is 11.6 Å². The minimum atomic E-state index is -0.655. The van der Waals surface area contributed by atoms with Gasteiger partial charge in [-0.2, -0.15) is 5.26 Å². The Hall–Kier alpha value is -3.06. The normalized spacial score (nSPS) is 10.2. The number of nitriles is 1. The molecule has 0 unspecified atom stereocenters. The van der Waals surface area contributed by atoms with E-state index in [0.29, 0.717) is 11.1 Å². The minimum Gasteiger partial charge on any atom is -0.265 e. The Balaban J connectivity index is 2.03. The molecule has 1 heterocycles. The zero-order chi connectivity index (χ0) is 15.5. The SMILES string of the molecule is N#Cc1ccc(-c2ccc(-c3ccncc3)cc2F)cc1F. The van der Waals surface area contributed by atoms with Gasteiger partial charge < -0.3 is 0 Å². The van der Waals surface area contributed by atoms with Crippen LogP contribution >= 0.6 is 0 Å². The number of benzene rings is 2. The molecular formula is C18H10F2N2. The van der Waals surface area contributed by atoms with Gasteiger partial charge in [0.25, 0.3) is 0 Å². The lowest BCUT2D eigenvalue weighted by molar-refractivity contribution is 0.622. The molecule has 106 valence electrons. The molecule has 0 atom stereocenters. The van der Waals surface area contributed by atoms with Crippen molar-refractivity contribution >= 4 is 0 Å². The summed E-state index contributed by atoms with van der Waals surface area (Å²) in [5, 5.41) is 8.73. The zero-order valence-corrected chi connectivity index (χ0v) is 11.4. The van der Waals surface area contributed by atoms with Crippen LogP contribution in [0.1, 0.15) is 5.56 Å². The standard InChI is InChI=1S/C18H10F2N2/c19-17-10-14(1-2-15(17)11-21)16-4-3-13(9-18(16)20)12-5-7-22-8-6-12/h1-10H. The second kappa shape index (κ2) is 5.74. The van der Waals surface area contributed by atoms with Crippen molar-refractivity contribution in [2.24, 2.45) is 0 Å². The van der Waals surface area contributed by atoms with Crippen LogP contribution < -0.4 is 0 Å². The summed E-state index contributed by atoms with van der Waals surface area (Å²) in [6, 6.07) is 14.1. The lowest BCUT2D eigenvalue weighted by Gasteiger charge is -2.07. The van der Waals surface area contributed by atoms with Crippen molar-refractivity contribution in [3.8, 4) is 28.3 Å². The Morgan fingerprint density at radius 3 is 2.09 bits per heavy atom. The highest BCUT2D eigenvalue weighted by Gasteiger charge is 2.10. The third-order valence-corrected chi connectivity index (χ3v) is 3.38. The Morgan fingerprint density at radius 1 is 0.773 bits per heavy atom. The molecule has 0 aliphatic heterocycles. The molecule has 0 aliphatic carbocycles. The van der Waals surface area contributed by atoms with Crippen LogP contribution in [0.5, 0.6) is 0 Å². The predicted molar refractivity (Wildman–Crippen MR) is 79.7 cm³/mol. The van der Waals surface area contributed by atoms with E-state index >= 15 is 0 Å². The van der Waals surface area contributed by atoms with Crippen molar-refractivity contribution in [1.82, 2.24) is 4.98 Å². The molecule has 4 heteroatoms. The first-order valence-corrected chi connectivity index (χ1v) is 6.59. The van der Waals surface area contributed by atoms with E-state index in [1.54, 1.807) is 42.7 Å². The highest BCUT2D eigenvalue weighted by Crippen LogP contribution is 2.28. The van der Waals surface area contributed by atoms with Gasteiger partial charge in [-0.05, 0) is 47.0 Å². The first-order valence-electron chi connectivity index (χ1n) is 6.59. The largest absolute Gasteiger partial charge is 0.265 e. The number of nitrogens with zero attached hydrogens (tertiary/aromatic N) is 2. The van der Waals surface area contributed by atoms with E-state index in [-0.39, 0.29) is 5.56 Å². The van der Waals surface area contributed by atoms with E-state index in [9.17, 15) is 8.78 Å². The number of pyridine rings is 1. The number of aromatic nitrogens is 1. The summed E-state index contributed by atoms with van der Waals surface area (Å²) in [5.41, 5.74) is 2.21. The van der Waals surface area contributed by atoms with Gasteiger partial charge in [-0.1, -0.05) is 18.2 Å². The highest BCUT2D eigenvalue weighted by atomic mass is 19.1. The van der Waals surface area contributed by atoms with Gasteiger partial charge in [-0.3, -0.25) is 4.98 Å². The van der Waals surface area contributed by atoms with Crippen LogP contribution in [0.25, 0.3) is 22.3 Å². The number of rotatable bonds is 2. The summed E-state index contributed by atoms with van der Waals surface area (Å²) >= 11 is 0. The molecule has 0 saturated carbocycles. The molecular weight excluding hydrogens is 282 g/mol. The van der Waals surface area contributed by atoms with Gasteiger partial charge in [0.1, 0.15) is 17.7 Å². The van der Waals surface area contributed by atoms with Crippen LogP contribution in [0.3, 0.4) is 0 Å². The fourth-order valence-electron chi connectivity index (χ4n) is 2.25.